The second-order valence-electron chi connectivity index (χ2n) is 4.65. The molecular formula is C10H19F3N2. The molecule has 1 aliphatic rings. The quantitative estimate of drug-likeness (QED) is 0.725. The van der Waals surface area contributed by atoms with Gasteiger partial charge in [0.1, 0.15) is 0 Å². The van der Waals surface area contributed by atoms with Crippen molar-refractivity contribution in [2.75, 3.05) is 6.54 Å². The van der Waals surface area contributed by atoms with Gasteiger partial charge in [-0.15, -0.1) is 0 Å². The van der Waals surface area contributed by atoms with E-state index >= 15 is 0 Å². The van der Waals surface area contributed by atoms with Crippen molar-refractivity contribution in [3.63, 3.8) is 0 Å². The van der Waals surface area contributed by atoms with Gasteiger partial charge in [-0.3, -0.25) is 0 Å². The van der Waals surface area contributed by atoms with Crippen LogP contribution in [0.2, 0.25) is 0 Å². The van der Waals surface area contributed by atoms with Gasteiger partial charge in [0.25, 0.3) is 0 Å². The largest absolute Gasteiger partial charge is 0.389 e. The van der Waals surface area contributed by atoms with Gasteiger partial charge in [-0.1, -0.05) is 0 Å². The third kappa shape index (κ3) is 5.37. The van der Waals surface area contributed by atoms with Crippen LogP contribution in [-0.4, -0.2) is 24.3 Å². The second kappa shape index (κ2) is 4.70. The lowest BCUT2D eigenvalue weighted by atomic mass is 9.94. The van der Waals surface area contributed by atoms with E-state index in [9.17, 15) is 13.2 Å². The van der Waals surface area contributed by atoms with Gasteiger partial charge in [0, 0.05) is 24.5 Å². The minimum absolute atomic E-state index is 0.150. The van der Waals surface area contributed by atoms with E-state index in [1.165, 1.54) is 0 Å². The molecule has 1 unspecified atom stereocenters. The Hall–Kier alpha value is -0.290. The van der Waals surface area contributed by atoms with E-state index in [-0.39, 0.29) is 12.0 Å². The Kier molecular flexibility index (Phi) is 4.00. The van der Waals surface area contributed by atoms with Gasteiger partial charge in [-0.05, 0) is 32.6 Å². The number of alkyl halides is 3. The Morgan fingerprint density at radius 2 is 1.87 bits per heavy atom. The summed E-state index contributed by atoms with van der Waals surface area (Å²) >= 11 is 0. The monoisotopic (exact) mass is 224 g/mol. The van der Waals surface area contributed by atoms with Gasteiger partial charge in [0.05, 0.1) is 0 Å². The van der Waals surface area contributed by atoms with Crippen molar-refractivity contribution in [1.29, 1.82) is 0 Å². The molecular weight excluding hydrogens is 205 g/mol. The summed E-state index contributed by atoms with van der Waals surface area (Å²) in [6, 6.07) is 0.476. The molecule has 1 aliphatic carbocycles. The molecule has 0 aromatic carbocycles. The molecule has 90 valence electrons. The van der Waals surface area contributed by atoms with Crippen LogP contribution < -0.4 is 11.1 Å². The van der Waals surface area contributed by atoms with Crippen LogP contribution in [0.4, 0.5) is 13.2 Å². The zero-order valence-corrected chi connectivity index (χ0v) is 9.03. The van der Waals surface area contributed by atoms with Crippen LogP contribution in [0.5, 0.6) is 0 Å². The van der Waals surface area contributed by atoms with Crippen LogP contribution in [-0.2, 0) is 0 Å². The van der Waals surface area contributed by atoms with Gasteiger partial charge >= 0.3 is 6.18 Å². The van der Waals surface area contributed by atoms with E-state index in [0.29, 0.717) is 19.0 Å². The van der Waals surface area contributed by atoms with Crippen LogP contribution in [0.25, 0.3) is 0 Å². The molecule has 0 amide bonds. The summed E-state index contributed by atoms with van der Waals surface area (Å²) in [5.41, 5.74) is 5.26. The smallest absolute Gasteiger partial charge is 0.329 e. The highest BCUT2D eigenvalue weighted by Gasteiger charge is 2.33. The highest BCUT2D eigenvalue weighted by atomic mass is 19.4. The summed E-state index contributed by atoms with van der Waals surface area (Å²) in [6.45, 7) is 2.29. The third-order valence-corrected chi connectivity index (χ3v) is 2.77. The van der Waals surface area contributed by atoms with Gasteiger partial charge in [-0.25, -0.2) is 0 Å². The van der Waals surface area contributed by atoms with Crippen molar-refractivity contribution >= 4 is 0 Å². The van der Waals surface area contributed by atoms with Crippen LogP contribution >= 0.6 is 0 Å². The van der Waals surface area contributed by atoms with E-state index in [1.54, 1.807) is 0 Å². The van der Waals surface area contributed by atoms with Crippen LogP contribution in [0, 0.1) is 0 Å². The third-order valence-electron chi connectivity index (χ3n) is 2.77. The number of hydrogen-bond acceptors (Lipinski definition) is 2. The summed E-state index contributed by atoms with van der Waals surface area (Å²) in [4.78, 5) is 0. The highest BCUT2D eigenvalue weighted by Crippen LogP contribution is 2.27. The molecule has 1 fully saturated rings. The Balaban J connectivity index is 2.25. The van der Waals surface area contributed by atoms with Crippen molar-refractivity contribution < 1.29 is 13.2 Å². The molecule has 0 saturated heterocycles. The second-order valence-corrected chi connectivity index (χ2v) is 4.65. The maximum atomic E-state index is 12.0. The number of halogens is 3. The minimum atomic E-state index is -4.05. The van der Waals surface area contributed by atoms with Crippen LogP contribution in [0.15, 0.2) is 0 Å². The Labute approximate surface area is 88.4 Å². The first-order valence-corrected chi connectivity index (χ1v) is 5.39. The topological polar surface area (TPSA) is 38.0 Å². The number of nitrogens with two attached hydrogens (primary N) is 1. The molecule has 0 bridgehead atoms. The van der Waals surface area contributed by atoms with Gasteiger partial charge in [0.15, 0.2) is 0 Å². The van der Waals surface area contributed by atoms with Crippen molar-refractivity contribution in [3.8, 4) is 0 Å². The van der Waals surface area contributed by atoms with E-state index < -0.39 is 12.6 Å². The first-order valence-electron chi connectivity index (χ1n) is 5.39. The summed E-state index contributed by atoms with van der Waals surface area (Å²) in [5.74, 6) is 0. The number of rotatable bonds is 6. The van der Waals surface area contributed by atoms with Crippen molar-refractivity contribution in [2.24, 2.45) is 5.73 Å². The molecule has 0 heterocycles. The Morgan fingerprint density at radius 3 is 2.27 bits per heavy atom. The van der Waals surface area contributed by atoms with Crippen LogP contribution in [0.3, 0.4) is 0 Å². The lowest BCUT2D eigenvalue weighted by molar-refractivity contribution is -0.136. The fourth-order valence-corrected chi connectivity index (χ4v) is 1.63. The maximum Gasteiger partial charge on any atom is 0.389 e. The van der Waals surface area contributed by atoms with Gasteiger partial charge in [-0.2, -0.15) is 13.2 Å². The summed E-state index contributed by atoms with van der Waals surface area (Å²) in [5, 5.41) is 3.31. The molecule has 0 aromatic heterocycles. The summed E-state index contributed by atoms with van der Waals surface area (Å²) < 4.78 is 35.9. The number of hydrogen-bond donors (Lipinski definition) is 2. The van der Waals surface area contributed by atoms with Crippen molar-refractivity contribution in [3.05, 3.63) is 0 Å². The molecule has 0 radical (unpaired) electrons. The zero-order chi connectivity index (χ0) is 11.5. The van der Waals surface area contributed by atoms with Crippen LogP contribution in [0.1, 0.15) is 39.0 Å². The molecule has 0 spiro atoms. The minimum Gasteiger partial charge on any atom is -0.329 e. The maximum absolute atomic E-state index is 12.0. The molecule has 0 aliphatic heterocycles. The standard InChI is InChI=1S/C10H19F3N2/c1-9(7-14,15-8-3-4-8)5-2-6-10(11,12)13/h8,15H,2-7,14H2,1H3. The fraction of sp³-hybridized carbons (Fsp3) is 1.00. The van der Waals surface area contributed by atoms with E-state index in [0.717, 1.165) is 12.8 Å². The molecule has 1 saturated carbocycles. The van der Waals surface area contributed by atoms with E-state index in [4.69, 9.17) is 5.73 Å². The highest BCUT2D eigenvalue weighted by molar-refractivity contribution is 4.93. The lowest BCUT2D eigenvalue weighted by Crippen LogP contribution is -2.49. The van der Waals surface area contributed by atoms with Crippen molar-refractivity contribution in [1.82, 2.24) is 5.32 Å². The molecule has 3 N–H and O–H groups in total. The first kappa shape index (κ1) is 12.8. The predicted molar refractivity (Wildman–Crippen MR) is 53.5 cm³/mol. The molecule has 1 atom stereocenters. The lowest BCUT2D eigenvalue weighted by Gasteiger charge is -2.30. The van der Waals surface area contributed by atoms with Gasteiger partial charge in [0.2, 0.25) is 0 Å². The van der Waals surface area contributed by atoms with E-state index in [2.05, 4.69) is 5.32 Å². The molecule has 2 nitrogen and oxygen atoms in total. The molecule has 15 heavy (non-hydrogen) atoms. The first-order chi connectivity index (χ1) is 6.85. The average Bonchev–Trinajstić information content (AvgIpc) is 2.86. The Morgan fingerprint density at radius 1 is 1.27 bits per heavy atom. The molecule has 0 aromatic rings. The van der Waals surface area contributed by atoms with E-state index in [1.807, 2.05) is 6.92 Å². The zero-order valence-electron chi connectivity index (χ0n) is 9.03. The SMILES string of the molecule is CC(CN)(CCCC(F)(F)F)NC1CC1. The fourth-order valence-electron chi connectivity index (χ4n) is 1.63. The Bertz CT molecular complexity index is 201. The average molecular weight is 224 g/mol. The predicted octanol–water partition coefficient (Wildman–Crippen LogP) is 2.19. The normalized spacial score (nSPS) is 21.4. The molecule has 5 heteroatoms. The summed E-state index contributed by atoms with van der Waals surface area (Å²) in [7, 11) is 0. The van der Waals surface area contributed by atoms with Crippen molar-refractivity contribution in [2.45, 2.75) is 56.8 Å². The molecule has 1 rings (SSSR count). The summed E-state index contributed by atoms with van der Waals surface area (Å²) in [6.07, 6.45) is -1.88. The van der Waals surface area contributed by atoms with Gasteiger partial charge < -0.3 is 11.1 Å². The number of nitrogens with one attached hydrogen (secondary N) is 1.